The van der Waals surface area contributed by atoms with Crippen LogP contribution in [-0.2, 0) is 0 Å². The number of nitrogens with one attached hydrogen (secondary N) is 1. The lowest BCUT2D eigenvalue weighted by Gasteiger charge is -2.19. The van der Waals surface area contributed by atoms with Crippen LogP contribution < -0.4 is 5.32 Å². The molecule has 0 heterocycles. The predicted octanol–water partition coefficient (Wildman–Crippen LogP) is 2.96. The van der Waals surface area contributed by atoms with E-state index in [9.17, 15) is 18.0 Å². The van der Waals surface area contributed by atoms with Gasteiger partial charge in [-0.1, -0.05) is 22.9 Å². The highest BCUT2D eigenvalue weighted by Gasteiger charge is 2.24. The minimum Gasteiger partial charge on any atom is -0.503 e. The number of phenolic OH excluding ortho intramolecular Hbond substituents is 1. The van der Waals surface area contributed by atoms with Crippen molar-refractivity contribution in [1.82, 2.24) is 5.32 Å². The van der Waals surface area contributed by atoms with E-state index in [0.717, 1.165) is 0 Å². The predicted molar refractivity (Wildman–Crippen MR) is 67.9 cm³/mol. The molecule has 1 amide bonds. The molecule has 2 N–H and O–H groups in total. The number of carbonyl (C=O) groups excluding carboxylic acids is 1. The first-order chi connectivity index (χ1) is 8.79. The van der Waals surface area contributed by atoms with E-state index in [2.05, 4.69) is 21.2 Å². The molecule has 0 saturated carbocycles. The van der Waals surface area contributed by atoms with Gasteiger partial charge < -0.3 is 10.4 Å². The van der Waals surface area contributed by atoms with Crippen molar-refractivity contribution in [3.05, 3.63) is 29.1 Å². The van der Waals surface area contributed by atoms with Gasteiger partial charge in [-0.05, 0) is 18.9 Å². The van der Waals surface area contributed by atoms with Crippen molar-refractivity contribution in [2.45, 2.75) is 19.9 Å². The Kier molecular flexibility index (Phi) is 5.22. The fourth-order valence-corrected chi connectivity index (χ4v) is 1.88. The summed E-state index contributed by atoms with van der Waals surface area (Å²) in [5, 5.41) is 12.1. The van der Waals surface area contributed by atoms with E-state index in [1.165, 1.54) is 0 Å². The van der Waals surface area contributed by atoms with Crippen molar-refractivity contribution in [3.8, 4) is 5.75 Å². The number of halogens is 4. The molecule has 2 atom stereocenters. The molecule has 3 nitrogen and oxygen atoms in total. The molecule has 0 spiro atoms. The van der Waals surface area contributed by atoms with Crippen LogP contribution in [0.2, 0.25) is 0 Å². The van der Waals surface area contributed by atoms with Gasteiger partial charge in [-0.3, -0.25) is 4.79 Å². The van der Waals surface area contributed by atoms with E-state index in [-0.39, 0.29) is 12.0 Å². The Labute approximate surface area is 116 Å². The largest absolute Gasteiger partial charge is 0.503 e. The van der Waals surface area contributed by atoms with Crippen LogP contribution >= 0.6 is 15.9 Å². The summed E-state index contributed by atoms with van der Waals surface area (Å²) in [5.41, 5.74) is -0.731. The number of benzene rings is 1. The van der Waals surface area contributed by atoms with Crippen LogP contribution in [0.4, 0.5) is 13.2 Å². The maximum atomic E-state index is 13.5. The summed E-state index contributed by atoms with van der Waals surface area (Å²) in [7, 11) is 0. The molecule has 0 radical (unpaired) electrons. The third-order valence-electron chi connectivity index (χ3n) is 2.83. The van der Waals surface area contributed by atoms with Gasteiger partial charge in [-0.2, -0.15) is 4.39 Å². The Morgan fingerprint density at radius 3 is 2.47 bits per heavy atom. The molecule has 0 aromatic heterocycles. The molecule has 0 aliphatic heterocycles. The Hall–Kier alpha value is -1.24. The van der Waals surface area contributed by atoms with E-state index in [1.54, 1.807) is 6.92 Å². The van der Waals surface area contributed by atoms with Gasteiger partial charge in [0.2, 0.25) is 5.82 Å². The number of rotatable bonds is 4. The van der Waals surface area contributed by atoms with Crippen molar-refractivity contribution in [2.24, 2.45) is 5.92 Å². The Bertz CT molecular complexity index is 496. The van der Waals surface area contributed by atoms with Crippen LogP contribution in [0.3, 0.4) is 0 Å². The molecule has 0 aliphatic carbocycles. The van der Waals surface area contributed by atoms with Gasteiger partial charge in [0, 0.05) is 11.4 Å². The monoisotopic (exact) mass is 339 g/mol. The number of aromatic hydroxyl groups is 1. The number of phenols is 1. The second kappa shape index (κ2) is 6.27. The molecular weight excluding hydrogens is 327 g/mol. The normalized spacial score (nSPS) is 14.0. The second-order valence-corrected chi connectivity index (χ2v) is 4.92. The Balaban J connectivity index is 3.01. The van der Waals surface area contributed by atoms with Crippen LogP contribution in [-0.4, -0.2) is 22.4 Å². The van der Waals surface area contributed by atoms with Crippen molar-refractivity contribution in [3.63, 3.8) is 0 Å². The molecule has 2 unspecified atom stereocenters. The van der Waals surface area contributed by atoms with Crippen molar-refractivity contribution >= 4 is 21.8 Å². The SMILES string of the molecule is CC(CBr)C(C)NC(=O)c1cc(F)c(F)c(O)c1F. The van der Waals surface area contributed by atoms with Gasteiger partial charge in [-0.25, -0.2) is 8.78 Å². The minimum atomic E-state index is -1.71. The molecule has 19 heavy (non-hydrogen) atoms. The summed E-state index contributed by atoms with van der Waals surface area (Å²) in [6.45, 7) is 3.54. The van der Waals surface area contributed by atoms with Gasteiger partial charge in [0.05, 0.1) is 5.56 Å². The zero-order valence-corrected chi connectivity index (χ0v) is 11.9. The first-order valence-electron chi connectivity index (χ1n) is 5.52. The summed E-state index contributed by atoms with van der Waals surface area (Å²) in [6, 6.07) is 0.118. The zero-order chi connectivity index (χ0) is 14.7. The molecule has 0 saturated heterocycles. The van der Waals surface area contributed by atoms with E-state index in [0.29, 0.717) is 11.4 Å². The standard InChI is InChI=1S/C12H13BrF3NO2/c1-5(4-13)6(2)17-12(19)7-3-8(14)10(16)11(18)9(7)15/h3,5-6,18H,4H2,1-2H3,(H,17,19). The molecule has 1 rings (SSSR count). The number of alkyl halides is 1. The number of amides is 1. The third kappa shape index (κ3) is 3.40. The van der Waals surface area contributed by atoms with Gasteiger partial charge in [-0.15, -0.1) is 0 Å². The van der Waals surface area contributed by atoms with E-state index in [1.807, 2.05) is 6.92 Å². The summed E-state index contributed by atoms with van der Waals surface area (Å²) in [4.78, 5) is 11.7. The Morgan fingerprint density at radius 2 is 1.95 bits per heavy atom. The summed E-state index contributed by atoms with van der Waals surface area (Å²) in [6.07, 6.45) is 0. The van der Waals surface area contributed by atoms with Crippen molar-refractivity contribution in [2.75, 3.05) is 5.33 Å². The molecule has 0 bridgehead atoms. The number of hydrogen-bond acceptors (Lipinski definition) is 2. The highest BCUT2D eigenvalue weighted by Crippen LogP contribution is 2.25. The Morgan fingerprint density at radius 1 is 1.37 bits per heavy atom. The molecule has 0 fully saturated rings. The van der Waals surface area contributed by atoms with E-state index < -0.39 is 34.7 Å². The minimum absolute atomic E-state index is 0.0610. The van der Waals surface area contributed by atoms with Crippen LogP contribution in [0.1, 0.15) is 24.2 Å². The molecule has 1 aromatic carbocycles. The van der Waals surface area contributed by atoms with Crippen LogP contribution in [0.15, 0.2) is 6.07 Å². The first-order valence-corrected chi connectivity index (χ1v) is 6.65. The van der Waals surface area contributed by atoms with Gasteiger partial charge >= 0.3 is 0 Å². The smallest absolute Gasteiger partial charge is 0.254 e. The van der Waals surface area contributed by atoms with E-state index in [4.69, 9.17) is 5.11 Å². The average molecular weight is 340 g/mol. The van der Waals surface area contributed by atoms with Gasteiger partial charge in [0.1, 0.15) is 0 Å². The second-order valence-electron chi connectivity index (χ2n) is 4.28. The number of carbonyl (C=O) groups is 1. The highest BCUT2D eigenvalue weighted by molar-refractivity contribution is 9.09. The fraction of sp³-hybridized carbons (Fsp3) is 0.417. The molecule has 0 aliphatic rings. The highest BCUT2D eigenvalue weighted by atomic mass is 79.9. The first kappa shape index (κ1) is 15.8. The summed E-state index contributed by atoms with van der Waals surface area (Å²) in [5.74, 6) is -7.01. The fourth-order valence-electron chi connectivity index (χ4n) is 1.32. The van der Waals surface area contributed by atoms with Gasteiger partial charge in [0.25, 0.3) is 5.91 Å². The quantitative estimate of drug-likeness (QED) is 0.654. The van der Waals surface area contributed by atoms with Crippen molar-refractivity contribution < 1.29 is 23.1 Å². The molecule has 106 valence electrons. The van der Waals surface area contributed by atoms with Crippen LogP contribution in [0.5, 0.6) is 5.75 Å². The molecule has 7 heteroatoms. The van der Waals surface area contributed by atoms with Crippen LogP contribution in [0.25, 0.3) is 0 Å². The maximum Gasteiger partial charge on any atom is 0.254 e. The molecular formula is C12H13BrF3NO2. The summed E-state index contributed by atoms with van der Waals surface area (Å²) >= 11 is 3.23. The average Bonchev–Trinajstić information content (AvgIpc) is 2.39. The third-order valence-corrected chi connectivity index (χ3v) is 3.85. The van der Waals surface area contributed by atoms with Crippen LogP contribution in [0, 0.1) is 23.4 Å². The summed E-state index contributed by atoms with van der Waals surface area (Å²) < 4.78 is 39.4. The maximum absolute atomic E-state index is 13.5. The topological polar surface area (TPSA) is 49.3 Å². The van der Waals surface area contributed by atoms with E-state index >= 15 is 0 Å². The molecule has 1 aromatic rings. The lowest BCUT2D eigenvalue weighted by atomic mass is 10.1. The van der Waals surface area contributed by atoms with Gasteiger partial charge in [0.15, 0.2) is 17.4 Å². The lowest BCUT2D eigenvalue weighted by molar-refractivity contribution is 0.0925. The zero-order valence-electron chi connectivity index (χ0n) is 10.3. The van der Waals surface area contributed by atoms with Crippen molar-refractivity contribution in [1.29, 1.82) is 0 Å². The lowest BCUT2D eigenvalue weighted by Crippen LogP contribution is -2.38. The number of hydrogen-bond donors (Lipinski definition) is 2.